The van der Waals surface area contributed by atoms with Crippen molar-refractivity contribution in [3.8, 4) is 0 Å². The topological polar surface area (TPSA) is 29.1 Å². The Morgan fingerprint density at radius 3 is 2.21 bits per heavy atom. The van der Waals surface area contributed by atoms with Gasteiger partial charge >= 0.3 is 0 Å². The van der Waals surface area contributed by atoms with Crippen LogP contribution in [0.2, 0.25) is 0 Å². The van der Waals surface area contributed by atoms with E-state index in [2.05, 4.69) is 4.72 Å². The maximum absolute atomic E-state index is 11.7. The molecule has 0 saturated heterocycles. The molecular weight excluding hydrogens is 241 g/mol. The molecule has 0 aromatic carbocycles. The second-order valence-electron chi connectivity index (χ2n) is 4.86. The largest absolute Gasteiger partial charge is 0.242 e. The number of rotatable bonds is 3. The van der Waals surface area contributed by atoms with Gasteiger partial charge < -0.3 is 0 Å². The predicted molar refractivity (Wildman–Crippen MR) is 63.0 cm³/mol. The van der Waals surface area contributed by atoms with Crippen molar-refractivity contribution in [3.05, 3.63) is 0 Å². The number of halogens is 2. The van der Waals surface area contributed by atoms with Crippen LogP contribution in [0.3, 0.4) is 0 Å². The van der Waals surface area contributed by atoms with E-state index < -0.39 is 15.3 Å². The molecular formula is C9H17Cl2NOS. The van der Waals surface area contributed by atoms with Crippen LogP contribution in [-0.4, -0.2) is 19.3 Å². The first-order valence-corrected chi connectivity index (χ1v) is 6.61. The van der Waals surface area contributed by atoms with Crippen LogP contribution in [0, 0.1) is 5.92 Å². The van der Waals surface area contributed by atoms with E-state index in [-0.39, 0.29) is 16.7 Å². The van der Waals surface area contributed by atoms with Gasteiger partial charge in [0, 0.05) is 12.0 Å². The van der Waals surface area contributed by atoms with Gasteiger partial charge in [0.2, 0.25) is 0 Å². The van der Waals surface area contributed by atoms with Gasteiger partial charge in [0.1, 0.15) is 4.33 Å². The number of hydrogen-bond acceptors (Lipinski definition) is 1. The summed E-state index contributed by atoms with van der Waals surface area (Å²) in [5.41, 5.74) is 0. The molecule has 1 rings (SSSR count). The van der Waals surface area contributed by atoms with E-state index >= 15 is 0 Å². The Kier molecular flexibility index (Phi) is 3.58. The van der Waals surface area contributed by atoms with Crippen LogP contribution < -0.4 is 4.72 Å². The first-order chi connectivity index (χ1) is 6.14. The first-order valence-electron chi connectivity index (χ1n) is 4.70. The van der Waals surface area contributed by atoms with Gasteiger partial charge in [0.05, 0.1) is 15.7 Å². The molecule has 1 unspecified atom stereocenters. The van der Waals surface area contributed by atoms with Crippen molar-refractivity contribution in [2.45, 2.75) is 49.2 Å². The summed E-state index contributed by atoms with van der Waals surface area (Å²) in [7, 11) is -1.05. The average Bonchev–Trinajstić information content (AvgIpc) is 2.57. The average molecular weight is 258 g/mol. The van der Waals surface area contributed by atoms with Gasteiger partial charge in [-0.3, -0.25) is 0 Å². The zero-order chi connectivity index (χ0) is 11.1. The van der Waals surface area contributed by atoms with Gasteiger partial charge in [0.15, 0.2) is 0 Å². The zero-order valence-electron chi connectivity index (χ0n) is 8.93. The fourth-order valence-corrected chi connectivity index (χ4v) is 2.77. The van der Waals surface area contributed by atoms with Crippen LogP contribution in [0.1, 0.15) is 34.1 Å². The van der Waals surface area contributed by atoms with Crippen LogP contribution in [0.4, 0.5) is 0 Å². The van der Waals surface area contributed by atoms with Crippen LogP contribution in [0.25, 0.3) is 0 Å². The van der Waals surface area contributed by atoms with E-state index in [1.165, 1.54) is 0 Å². The zero-order valence-corrected chi connectivity index (χ0v) is 11.3. The minimum atomic E-state index is -1.05. The van der Waals surface area contributed by atoms with E-state index in [4.69, 9.17) is 23.2 Å². The molecule has 0 aromatic heterocycles. The molecule has 0 heterocycles. The van der Waals surface area contributed by atoms with Gasteiger partial charge in [-0.05, 0) is 34.1 Å². The highest BCUT2D eigenvalue weighted by Crippen LogP contribution is 2.54. The highest BCUT2D eigenvalue weighted by Gasteiger charge is 2.54. The first kappa shape index (κ1) is 12.8. The molecule has 14 heavy (non-hydrogen) atoms. The molecule has 0 amide bonds. The number of alkyl halides is 2. The van der Waals surface area contributed by atoms with E-state index in [0.29, 0.717) is 0 Å². The maximum Gasteiger partial charge on any atom is 0.123 e. The molecule has 1 aliphatic carbocycles. The lowest BCUT2D eigenvalue weighted by Gasteiger charge is -2.22. The Bertz CT molecular complexity index is 250. The van der Waals surface area contributed by atoms with Crippen molar-refractivity contribution >= 4 is 34.2 Å². The summed E-state index contributed by atoms with van der Waals surface area (Å²) in [5.74, 6) is 0.220. The smallest absolute Gasteiger partial charge is 0.123 e. The third-order valence-electron chi connectivity index (χ3n) is 2.33. The monoisotopic (exact) mass is 257 g/mol. The van der Waals surface area contributed by atoms with E-state index in [1.54, 1.807) is 0 Å². The SMILES string of the molecule is C[C@@H](NS(=O)C(C)(C)C)[C@H]1CC1(Cl)Cl. The van der Waals surface area contributed by atoms with Gasteiger partial charge in [-0.15, -0.1) is 23.2 Å². The summed E-state index contributed by atoms with van der Waals surface area (Å²) in [4.78, 5) is 0. The lowest BCUT2D eigenvalue weighted by Crippen LogP contribution is -2.40. The molecule has 3 atom stereocenters. The lowest BCUT2D eigenvalue weighted by molar-refractivity contribution is 0.565. The Hall–Kier alpha value is 0.690. The molecule has 1 aliphatic rings. The van der Waals surface area contributed by atoms with Gasteiger partial charge in [-0.1, -0.05) is 0 Å². The third kappa shape index (κ3) is 3.09. The third-order valence-corrected chi connectivity index (χ3v) is 4.89. The van der Waals surface area contributed by atoms with Crippen molar-refractivity contribution < 1.29 is 4.21 Å². The molecule has 0 bridgehead atoms. The van der Waals surface area contributed by atoms with Crippen LogP contribution in [-0.2, 0) is 11.0 Å². The number of hydrogen-bond donors (Lipinski definition) is 1. The van der Waals surface area contributed by atoms with Crippen LogP contribution in [0.15, 0.2) is 0 Å². The Balaban J connectivity index is 2.43. The minimum absolute atomic E-state index is 0.102. The second-order valence-corrected chi connectivity index (χ2v) is 8.40. The summed E-state index contributed by atoms with van der Waals surface area (Å²) in [6.45, 7) is 7.78. The normalized spacial score (nSPS) is 29.7. The predicted octanol–water partition coefficient (Wildman–Crippen LogP) is 2.62. The molecule has 0 radical (unpaired) electrons. The molecule has 2 nitrogen and oxygen atoms in total. The Morgan fingerprint density at radius 2 is 1.93 bits per heavy atom. The molecule has 84 valence electrons. The van der Waals surface area contributed by atoms with E-state index in [9.17, 15) is 4.21 Å². The maximum atomic E-state index is 11.7. The van der Waals surface area contributed by atoms with Crippen molar-refractivity contribution in [3.63, 3.8) is 0 Å². The highest BCUT2D eigenvalue weighted by atomic mass is 35.5. The van der Waals surface area contributed by atoms with Crippen molar-refractivity contribution in [1.29, 1.82) is 0 Å². The van der Waals surface area contributed by atoms with Crippen LogP contribution >= 0.6 is 23.2 Å². The number of nitrogens with one attached hydrogen (secondary N) is 1. The van der Waals surface area contributed by atoms with Crippen molar-refractivity contribution in [2.75, 3.05) is 0 Å². The van der Waals surface area contributed by atoms with Crippen LogP contribution in [0.5, 0.6) is 0 Å². The molecule has 5 heteroatoms. The van der Waals surface area contributed by atoms with Gasteiger partial charge in [-0.2, -0.15) is 0 Å². The van der Waals surface area contributed by atoms with Crippen molar-refractivity contribution in [2.24, 2.45) is 5.92 Å². The Morgan fingerprint density at radius 1 is 1.50 bits per heavy atom. The van der Waals surface area contributed by atoms with E-state index in [1.807, 2.05) is 27.7 Å². The molecule has 1 fully saturated rings. The van der Waals surface area contributed by atoms with Crippen molar-refractivity contribution in [1.82, 2.24) is 4.72 Å². The summed E-state index contributed by atoms with van der Waals surface area (Å²) in [6, 6.07) is 0.102. The fraction of sp³-hybridized carbons (Fsp3) is 1.00. The molecule has 0 aromatic rings. The fourth-order valence-electron chi connectivity index (χ4n) is 1.20. The van der Waals surface area contributed by atoms with E-state index in [0.717, 1.165) is 6.42 Å². The lowest BCUT2D eigenvalue weighted by atomic mass is 10.2. The van der Waals surface area contributed by atoms with Gasteiger partial charge in [-0.25, -0.2) is 8.93 Å². The quantitative estimate of drug-likeness (QED) is 0.775. The minimum Gasteiger partial charge on any atom is -0.242 e. The molecule has 0 spiro atoms. The summed E-state index contributed by atoms with van der Waals surface area (Å²) in [5, 5.41) is 0. The molecule has 1 N–H and O–H groups in total. The standard InChI is InChI=1S/C9H17Cl2NOS/c1-6(7-5-9(7,10)11)12-14(13)8(2,3)4/h6-7,12H,5H2,1-4H3/t6-,7-,14?/m1/s1. The second kappa shape index (κ2) is 3.93. The summed E-state index contributed by atoms with van der Waals surface area (Å²) >= 11 is 11.9. The molecule has 1 saturated carbocycles. The van der Waals surface area contributed by atoms with Gasteiger partial charge in [0.25, 0.3) is 0 Å². The summed E-state index contributed by atoms with van der Waals surface area (Å²) in [6.07, 6.45) is 0.783. The summed E-state index contributed by atoms with van der Waals surface area (Å²) < 4.78 is 13.9. The Labute approximate surface area is 98.3 Å². The molecule has 0 aliphatic heterocycles. The highest BCUT2D eigenvalue weighted by molar-refractivity contribution is 7.84.